The van der Waals surface area contributed by atoms with Gasteiger partial charge in [0.1, 0.15) is 0 Å². The molecular weight excluding hydrogens is 438 g/mol. The fraction of sp³-hybridized carbons (Fsp3) is 0.381. The summed E-state index contributed by atoms with van der Waals surface area (Å²) in [5.41, 5.74) is 3.13. The van der Waals surface area contributed by atoms with Gasteiger partial charge in [-0.25, -0.2) is 4.68 Å². The molecule has 1 aromatic carbocycles. The molecule has 0 radical (unpaired) electrons. The Kier molecular flexibility index (Phi) is 6.15. The number of carbonyl (C=O) groups is 2. The van der Waals surface area contributed by atoms with Crippen LogP contribution in [0.15, 0.2) is 35.5 Å². The molecule has 10 heteroatoms. The minimum atomic E-state index is -0.897. The van der Waals surface area contributed by atoms with Gasteiger partial charge in [0.2, 0.25) is 10.9 Å². The average molecular weight is 460 g/mol. The number of esters is 1. The fourth-order valence-electron chi connectivity index (χ4n) is 3.46. The van der Waals surface area contributed by atoms with Crippen molar-refractivity contribution in [2.24, 2.45) is 0 Å². The molecule has 2 aromatic heterocycles. The summed E-state index contributed by atoms with van der Waals surface area (Å²) in [7, 11) is 0. The summed E-state index contributed by atoms with van der Waals surface area (Å²) in [6.45, 7) is 5.39. The summed E-state index contributed by atoms with van der Waals surface area (Å²) in [4.78, 5) is 25.3. The van der Waals surface area contributed by atoms with Crippen LogP contribution in [0.2, 0.25) is 5.02 Å². The van der Waals surface area contributed by atoms with Crippen molar-refractivity contribution in [2.75, 3.05) is 5.75 Å². The number of nitrogens with zero attached hydrogens (tertiary/aromatic N) is 5. The lowest BCUT2D eigenvalue weighted by Crippen LogP contribution is -2.25. The molecule has 162 valence electrons. The molecule has 1 aliphatic rings. The Balaban J connectivity index is 1.40. The van der Waals surface area contributed by atoms with Crippen molar-refractivity contribution in [2.45, 2.75) is 50.9 Å². The second-order valence-corrected chi connectivity index (χ2v) is 8.90. The predicted octanol–water partition coefficient (Wildman–Crippen LogP) is 3.98. The van der Waals surface area contributed by atoms with E-state index < -0.39 is 12.1 Å². The standard InChI is InChI=1S/C21H22ClN5O3S/c1-12-10-18(13(2)26(12)16-6-4-15(22)5-7-16)20(29)14(3)30-19(28)11-31-21-23-24-25-27(21)17-8-9-17/h4-7,10,14,17H,8-9,11H2,1-3H3/t14-/m1/s1. The summed E-state index contributed by atoms with van der Waals surface area (Å²) < 4.78 is 9.10. The van der Waals surface area contributed by atoms with Gasteiger partial charge in [-0.1, -0.05) is 23.4 Å². The molecule has 0 bridgehead atoms. The monoisotopic (exact) mass is 459 g/mol. The number of benzene rings is 1. The number of tetrazole rings is 1. The molecule has 0 spiro atoms. The third-order valence-corrected chi connectivity index (χ3v) is 6.29. The summed E-state index contributed by atoms with van der Waals surface area (Å²) in [5, 5.41) is 12.8. The maximum Gasteiger partial charge on any atom is 0.317 e. The zero-order chi connectivity index (χ0) is 22.1. The Labute approximate surface area is 188 Å². The third kappa shape index (κ3) is 4.67. The van der Waals surface area contributed by atoms with Crippen LogP contribution in [-0.4, -0.2) is 48.4 Å². The number of Topliss-reactive ketones (excluding diaryl/α,β-unsaturated/α-hetero) is 1. The Morgan fingerprint density at radius 2 is 1.97 bits per heavy atom. The van der Waals surface area contributed by atoms with Crippen LogP contribution in [0, 0.1) is 13.8 Å². The second kappa shape index (κ2) is 8.84. The number of ketones is 1. The van der Waals surface area contributed by atoms with Crippen LogP contribution in [0.25, 0.3) is 5.69 Å². The number of aryl methyl sites for hydroxylation is 1. The topological polar surface area (TPSA) is 91.9 Å². The van der Waals surface area contributed by atoms with Crippen molar-refractivity contribution in [3.8, 4) is 5.69 Å². The quantitative estimate of drug-likeness (QED) is 0.286. The van der Waals surface area contributed by atoms with Crippen LogP contribution in [0.4, 0.5) is 0 Å². The van der Waals surface area contributed by atoms with Crippen LogP contribution in [0.1, 0.15) is 47.6 Å². The van der Waals surface area contributed by atoms with Gasteiger partial charge in [0.25, 0.3) is 0 Å². The first-order valence-electron chi connectivity index (χ1n) is 9.94. The number of ether oxygens (including phenoxy) is 1. The number of aromatic nitrogens is 5. The van der Waals surface area contributed by atoms with Gasteiger partial charge in [-0.3, -0.25) is 9.59 Å². The molecule has 31 heavy (non-hydrogen) atoms. The number of rotatable bonds is 8. The number of carbonyl (C=O) groups excluding carboxylic acids is 2. The Morgan fingerprint density at radius 1 is 1.26 bits per heavy atom. The number of thioether (sulfide) groups is 1. The zero-order valence-electron chi connectivity index (χ0n) is 17.4. The molecule has 8 nitrogen and oxygen atoms in total. The van der Waals surface area contributed by atoms with Crippen molar-refractivity contribution >= 4 is 35.1 Å². The minimum absolute atomic E-state index is 0.0362. The van der Waals surface area contributed by atoms with E-state index in [0.717, 1.165) is 29.9 Å². The number of hydrogen-bond acceptors (Lipinski definition) is 7. The maximum absolute atomic E-state index is 13.0. The smallest absolute Gasteiger partial charge is 0.317 e. The van der Waals surface area contributed by atoms with Crippen LogP contribution in [0.5, 0.6) is 0 Å². The van der Waals surface area contributed by atoms with Gasteiger partial charge in [-0.15, -0.1) is 5.10 Å². The number of hydrogen-bond donors (Lipinski definition) is 0. The molecule has 0 unspecified atom stereocenters. The Morgan fingerprint density at radius 3 is 2.65 bits per heavy atom. The lowest BCUT2D eigenvalue weighted by molar-refractivity contribution is -0.143. The molecule has 3 aromatic rings. The van der Waals surface area contributed by atoms with E-state index in [1.54, 1.807) is 23.7 Å². The van der Waals surface area contributed by atoms with Crippen molar-refractivity contribution in [1.82, 2.24) is 24.8 Å². The molecule has 0 amide bonds. The molecule has 4 rings (SSSR count). The summed E-state index contributed by atoms with van der Waals surface area (Å²) in [6, 6.07) is 9.54. The van der Waals surface area contributed by atoms with Crippen molar-refractivity contribution in [1.29, 1.82) is 0 Å². The van der Waals surface area contributed by atoms with Gasteiger partial charge in [0.15, 0.2) is 6.10 Å². The molecule has 1 aliphatic carbocycles. The first-order chi connectivity index (χ1) is 14.8. The lowest BCUT2D eigenvalue weighted by Gasteiger charge is -2.13. The van der Waals surface area contributed by atoms with Crippen molar-refractivity contribution < 1.29 is 14.3 Å². The van der Waals surface area contributed by atoms with E-state index in [4.69, 9.17) is 16.3 Å². The van der Waals surface area contributed by atoms with Gasteiger partial charge in [0, 0.05) is 27.7 Å². The number of halogens is 1. The summed E-state index contributed by atoms with van der Waals surface area (Å²) >= 11 is 7.20. The molecule has 0 saturated heterocycles. The molecule has 1 atom stereocenters. The lowest BCUT2D eigenvalue weighted by atomic mass is 10.1. The highest BCUT2D eigenvalue weighted by Crippen LogP contribution is 2.36. The molecule has 2 heterocycles. The normalized spacial score (nSPS) is 14.5. The maximum atomic E-state index is 13.0. The SMILES string of the molecule is Cc1cc(C(=O)[C@@H](C)OC(=O)CSc2nnnn2C2CC2)c(C)n1-c1ccc(Cl)cc1. The third-order valence-electron chi connectivity index (χ3n) is 5.13. The van der Waals surface area contributed by atoms with Crippen molar-refractivity contribution in [3.63, 3.8) is 0 Å². The minimum Gasteiger partial charge on any atom is -0.454 e. The van der Waals surface area contributed by atoms with Gasteiger partial charge < -0.3 is 9.30 Å². The summed E-state index contributed by atoms with van der Waals surface area (Å²) in [6.07, 6.45) is 1.19. The van der Waals surface area contributed by atoms with Gasteiger partial charge in [0.05, 0.1) is 11.8 Å². The second-order valence-electron chi connectivity index (χ2n) is 7.52. The highest BCUT2D eigenvalue weighted by Gasteiger charge is 2.29. The predicted molar refractivity (Wildman–Crippen MR) is 117 cm³/mol. The largest absolute Gasteiger partial charge is 0.454 e. The first kappa shape index (κ1) is 21.6. The summed E-state index contributed by atoms with van der Waals surface area (Å²) in [5.74, 6) is -0.689. The molecule has 1 saturated carbocycles. The van der Waals surface area contributed by atoms with Gasteiger partial charge >= 0.3 is 5.97 Å². The van der Waals surface area contributed by atoms with E-state index in [0.29, 0.717) is 21.8 Å². The molecule has 0 aliphatic heterocycles. The van der Waals surface area contributed by atoms with E-state index in [1.807, 2.05) is 36.6 Å². The van der Waals surface area contributed by atoms with Crippen LogP contribution in [0.3, 0.4) is 0 Å². The van der Waals surface area contributed by atoms with Crippen LogP contribution in [-0.2, 0) is 9.53 Å². The highest BCUT2D eigenvalue weighted by molar-refractivity contribution is 7.99. The van der Waals surface area contributed by atoms with E-state index in [-0.39, 0.29) is 11.5 Å². The van der Waals surface area contributed by atoms with Gasteiger partial charge in [-0.2, -0.15) is 0 Å². The van der Waals surface area contributed by atoms with E-state index in [1.165, 1.54) is 11.8 Å². The molecule has 0 N–H and O–H groups in total. The highest BCUT2D eigenvalue weighted by atomic mass is 35.5. The van der Waals surface area contributed by atoms with Crippen LogP contribution < -0.4 is 0 Å². The van der Waals surface area contributed by atoms with Gasteiger partial charge in [-0.05, 0) is 74.4 Å². The average Bonchev–Trinajstić information content (AvgIpc) is 3.40. The molecular formula is C21H22ClN5O3S. The van der Waals surface area contributed by atoms with E-state index in [9.17, 15) is 9.59 Å². The van der Waals surface area contributed by atoms with Crippen molar-refractivity contribution in [3.05, 3.63) is 52.3 Å². The first-order valence-corrected chi connectivity index (χ1v) is 11.3. The molecule has 1 fully saturated rings. The fourth-order valence-corrected chi connectivity index (χ4v) is 4.31. The zero-order valence-corrected chi connectivity index (χ0v) is 19.0. The Bertz CT molecular complexity index is 1120. The van der Waals surface area contributed by atoms with Crippen LogP contribution >= 0.6 is 23.4 Å². The Hall–Kier alpha value is -2.65. The van der Waals surface area contributed by atoms with E-state index in [2.05, 4.69) is 15.5 Å². The van der Waals surface area contributed by atoms with E-state index >= 15 is 0 Å².